The van der Waals surface area contributed by atoms with Crippen LogP contribution >= 0.6 is 11.8 Å². The standard InChI is InChI=1S/C23H26O6S/c1-3-30-23-20(28-21(24)15-10-6-4-7-11-15)19(25-2)18-17(27-23)14-26-22(29-18)16-12-8-5-9-13-16/h4-13,17-20,22-23H,3,14H2,1-2H3/t17?,18-,19+,20?,22?,23+/m1/s1. The average Bonchev–Trinajstić information content (AvgIpc) is 2.80. The van der Waals surface area contributed by atoms with Crippen molar-refractivity contribution in [2.45, 2.75) is 43.1 Å². The van der Waals surface area contributed by atoms with E-state index in [-0.39, 0.29) is 11.5 Å². The quantitative estimate of drug-likeness (QED) is 0.646. The SMILES string of the molecule is CCS[C@@H]1OC2COC(c3ccccc3)O[C@H]2[C@H](OC)C1OC(=O)c1ccccc1. The summed E-state index contributed by atoms with van der Waals surface area (Å²) in [7, 11) is 1.61. The molecule has 0 amide bonds. The fraction of sp³-hybridized carbons (Fsp3) is 0.435. The number of methoxy groups -OCH3 is 1. The van der Waals surface area contributed by atoms with Crippen LogP contribution in [0.2, 0.25) is 0 Å². The van der Waals surface area contributed by atoms with Gasteiger partial charge in [0, 0.05) is 12.7 Å². The Morgan fingerprint density at radius 3 is 2.40 bits per heavy atom. The molecule has 6 atom stereocenters. The second kappa shape index (κ2) is 9.94. The van der Waals surface area contributed by atoms with E-state index in [0.29, 0.717) is 12.2 Å². The molecule has 0 radical (unpaired) electrons. The monoisotopic (exact) mass is 430 g/mol. The largest absolute Gasteiger partial charge is 0.452 e. The number of fused-ring (bicyclic) bond motifs is 1. The van der Waals surface area contributed by atoms with Crippen LogP contribution in [-0.4, -0.2) is 55.3 Å². The van der Waals surface area contributed by atoms with Crippen molar-refractivity contribution in [3.63, 3.8) is 0 Å². The molecule has 6 nitrogen and oxygen atoms in total. The summed E-state index contributed by atoms with van der Waals surface area (Å²) in [6.45, 7) is 2.42. The first kappa shape index (κ1) is 21.3. The van der Waals surface area contributed by atoms with Crippen molar-refractivity contribution in [1.29, 1.82) is 0 Å². The van der Waals surface area contributed by atoms with Crippen molar-refractivity contribution in [1.82, 2.24) is 0 Å². The lowest BCUT2D eigenvalue weighted by molar-refractivity contribution is -0.320. The molecule has 0 saturated carbocycles. The molecule has 3 unspecified atom stereocenters. The van der Waals surface area contributed by atoms with E-state index in [9.17, 15) is 4.79 Å². The number of esters is 1. The zero-order valence-corrected chi connectivity index (χ0v) is 17.8. The molecule has 30 heavy (non-hydrogen) atoms. The molecule has 0 N–H and O–H groups in total. The van der Waals surface area contributed by atoms with Crippen LogP contribution in [0, 0.1) is 0 Å². The van der Waals surface area contributed by atoms with Crippen LogP contribution in [0.15, 0.2) is 60.7 Å². The first-order valence-electron chi connectivity index (χ1n) is 10.1. The van der Waals surface area contributed by atoms with E-state index in [1.54, 1.807) is 31.0 Å². The number of thioether (sulfide) groups is 1. The molecule has 2 fully saturated rings. The lowest BCUT2D eigenvalue weighted by Gasteiger charge is -2.48. The Bertz CT molecular complexity index is 817. The van der Waals surface area contributed by atoms with Gasteiger partial charge in [0.15, 0.2) is 12.4 Å². The molecule has 0 aliphatic carbocycles. The molecule has 2 aromatic carbocycles. The van der Waals surface area contributed by atoms with Gasteiger partial charge in [-0.15, -0.1) is 11.8 Å². The molecule has 2 aliphatic rings. The van der Waals surface area contributed by atoms with Crippen LogP contribution in [-0.2, 0) is 23.7 Å². The summed E-state index contributed by atoms with van der Waals surface area (Å²) in [5, 5.41) is 0. The normalized spacial score (nSPS) is 31.0. The molecule has 2 saturated heterocycles. The summed E-state index contributed by atoms with van der Waals surface area (Å²) in [6.07, 6.45) is -2.32. The van der Waals surface area contributed by atoms with Gasteiger partial charge in [-0.3, -0.25) is 0 Å². The molecule has 0 spiro atoms. The summed E-state index contributed by atoms with van der Waals surface area (Å²) in [4.78, 5) is 12.8. The fourth-order valence-corrected chi connectivity index (χ4v) is 4.73. The smallest absolute Gasteiger partial charge is 0.338 e. The van der Waals surface area contributed by atoms with Gasteiger partial charge in [-0.1, -0.05) is 55.5 Å². The summed E-state index contributed by atoms with van der Waals surface area (Å²) < 4.78 is 30.1. The first-order valence-corrected chi connectivity index (χ1v) is 11.1. The Kier molecular flexibility index (Phi) is 7.07. The van der Waals surface area contributed by atoms with Crippen molar-refractivity contribution in [3.8, 4) is 0 Å². The second-order valence-electron chi connectivity index (χ2n) is 7.11. The Labute approximate surface area is 180 Å². The molecule has 4 rings (SSSR count). The fourth-order valence-electron chi connectivity index (χ4n) is 3.78. The van der Waals surface area contributed by atoms with Gasteiger partial charge >= 0.3 is 5.97 Å². The maximum absolute atomic E-state index is 12.8. The predicted molar refractivity (Wildman–Crippen MR) is 113 cm³/mol. The summed E-state index contributed by atoms with van der Waals surface area (Å²) in [5.74, 6) is 0.407. The maximum atomic E-state index is 12.8. The summed E-state index contributed by atoms with van der Waals surface area (Å²) in [5.41, 5.74) is 1.05. The minimum atomic E-state index is -0.608. The zero-order valence-electron chi connectivity index (χ0n) is 17.0. The van der Waals surface area contributed by atoms with E-state index in [1.165, 1.54) is 0 Å². The summed E-state index contributed by atoms with van der Waals surface area (Å²) >= 11 is 1.58. The predicted octanol–water partition coefficient (Wildman–Crippen LogP) is 3.82. The molecular formula is C23H26O6S. The number of carbonyl (C=O) groups excluding carboxylic acids is 1. The van der Waals surface area contributed by atoms with Gasteiger partial charge in [-0.25, -0.2) is 4.79 Å². The van der Waals surface area contributed by atoms with Crippen LogP contribution < -0.4 is 0 Å². The van der Waals surface area contributed by atoms with Gasteiger partial charge in [0.05, 0.1) is 12.2 Å². The molecule has 2 aromatic rings. The van der Waals surface area contributed by atoms with Gasteiger partial charge < -0.3 is 23.7 Å². The van der Waals surface area contributed by atoms with Crippen LogP contribution in [0.1, 0.15) is 29.1 Å². The number of hydrogen-bond donors (Lipinski definition) is 0. The Morgan fingerprint density at radius 1 is 1.03 bits per heavy atom. The maximum Gasteiger partial charge on any atom is 0.338 e. The van der Waals surface area contributed by atoms with Crippen LogP contribution in [0.25, 0.3) is 0 Å². The Morgan fingerprint density at radius 2 is 1.73 bits per heavy atom. The van der Waals surface area contributed by atoms with E-state index in [0.717, 1.165) is 11.3 Å². The van der Waals surface area contributed by atoms with Crippen molar-refractivity contribution in [2.24, 2.45) is 0 Å². The van der Waals surface area contributed by atoms with E-state index in [4.69, 9.17) is 23.7 Å². The highest BCUT2D eigenvalue weighted by atomic mass is 32.2. The minimum Gasteiger partial charge on any atom is -0.452 e. The highest BCUT2D eigenvalue weighted by Crippen LogP contribution is 2.39. The Hall–Kier alpha value is -1.90. The van der Waals surface area contributed by atoms with Crippen molar-refractivity contribution >= 4 is 17.7 Å². The van der Waals surface area contributed by atoms with E-state index < -0.39 is 30.6 Å². The summed E-state index contributed by atoms with van der Waals surface area (Å²) in [6, 6.07) is 18.7. The first-order chi connectivity index (χ1) is 14.7. The number of ether oxygens (including phenoxy) is 5. The minimum absolute atomic E-state index is 0.300. The van der Waals surface area contributed by atoms with Crippen molar-refractivity contribution in [2.75, 3.05) is 19.5 Å². The molecule has 160 valence electrons. The number of hydrogen-bond acceptors (Lipinski definition) is 7. The molecular weight excluding hydrogens is 404 g/mol. The Balaban J connectivity index is 1.55. The highest BCUT2D eigenvalue weighted by molar-refractivity contribution is 7.99. The number of rotatable bonds is 6. The highest BCUT2D eigenvalue weighted by Gasteiger charge is 2.52. The molecule has 7 heteroatoms. The second-order valence-corrected chi connectivity index (χ2v) is 8.49. The van der Waals surface area contributed by atoms with Crippen molar-refractivity contribution in [3.05, 3.63) is 71.8 Å². The van der Waals surface area contributed by atoms with Crippen LogP contribution in [0.4, 0.5) is 0 Å². The van der Waals surface area contributed by atoms with Gasteiger partial charge in [0.1, 0.15) is 23.7 Å². The average molecular weight is 431 g/mol. The molecule has 2 aliphatic heterocycles. The lowest BCUT2D eigenvalue weighted by Crippen LogP contribution is -2.62. The number of benzene rings is 2. The number of carbonyl (C=O) groups is 1. The topological polar surface area (TPSA) is 63.2 Å². The van der Waals surface area contributed by atoms with Crippen molar-refractivity contribution < 1.29 is 28.5 Å². The lowest BCUT2D eigenvalue weighted by atomic mass is 9.98. The van der Waals surface area contributed by atoms with Gasteiger partial charge in [0.2, 0.25) is 0 Å². The molecule has 0 bridgehead atoms. The van der Waals surface area contributed by atoms with E-state index in [1.807, 2.05) is 55.5 Å². The zero-order chi connectivity index (χ0) is 20.9. The third-order valence-corrected chi connectivity index (χ3v) is 6.25. The third-order valence-electron chi connectivity index (χ3n) is 5.21. The van der Waals surface area contributed by atoms with Gasteiger partial charge in [0.25, 0.3) is 0 Å². The van der Waals surface area contributed by atoms with Crippen LogP contribution in [0.5, 0.6) is 0 Å². The van der Waals surface area contributed by atoms with Gasteiger partial charge in [-0.05, 0) is 17.9 Å². The molecule has 0 aromatic heterocycles. The molecule has 2 heterocycles. The van der Waals surface area contributed by atoms with E-state index >= 15 is 0 Å². The third kappa shape index (κ3) is 4.55. The van der Waals surface area contributed by atoms with E-state index in [2.05, 4.69) is 0 Å². The van der Waals surface area contributed by atoms with Gasteiger partial charge in [-0.2, -0.15) is 0 Å². The van der Waals surface area contributed by atoms with Crippen LogP contribution in [0.3, 0.4) is 0 Å².